The van der Waals surface area contributed by atoms with Gasteiger partial charge < -0.3 is 14.8 Å². The highest BCUT2D eigenvalue weighted by Gasteiger charge is 2.22. The largest absolute Gasteiger partial charge is 0.488 e. The molecule has 2 aromatic carbocycles. The number of carbonyl (C=O) groups excluding carboxylic acids is 2. The van der Waals surface area contributed by atoms with Crippen LogP contribution in [-0.4, -0.2) is 23.3 Å². The van der Waals surface area contributed by atoms with E-state index in [9.17, 15) is 9.59 Å². The molecule has 26 heavy (non-hydrogen) atoms. The predicted molar refractivity (Wildman–Crippen MR) is 105 cm³/mol. The molecule has 0 aromatic heterocycles. The van der Waals surface area contributed by atoms with Crippen LogP contribution in [0.1, 0.15) is 21.5 Å². The van der Waals surface area contributed by atoms with Crippen molar-refractivity contribution >= 4 is 46.3 Å². The Labute approximate surface area is 160 Å². The lowest BCUT2D eigenvalue weighted by atomic mass is 10.1. The van der Waals surface area contributed by atoms with E-state index in [0.29, 0.717) is 27.1 Å². The first-order valence-corrected chi connectivity index (χ1v) is 8.93. The minimum Gasteiger partial charge on any atom is -0.488 e. The number of hydrogen-bond donors (Lipinski definition) is 1. The fourth-order valence-electron chi connectivity index (χ4n) is 2.31. The van der Waals surface area contributed by atoms with Crippen LogP contribution in [0.25, 0.3) is 6.08 Å². The third-order valence-electron chi connectivity index (χ3n) is 3.62. The summed E-state index contributed by atoms with van der Waals surface area (Å²) in [5, 5.41) is 2.59. The summed E-state index contributed by atoms with van der Waals surface area (Å²) in [6, 6.07) is 14.5. The molecule has 1 N–H and O–H groups in total. The Morgan fingerprint density at radius 1 is 1.19 bits per heavy atom. The molecule has 0 aliphatic carbocycles. The monoisotopic (exact) mass is 385 g/mol. The van der Waals surface area contributed by atoms with E-state index in [1.54, 1.807) is 18.2 Å². The molecule has 3 rings (SSSR count). The molecule has 0 radical (unpaired) electrons. The van der Waals surface area contributed by atoms with E-state index in [-0.39, 0.29) is 11.9 Å². The fraction of sp³-hybridized carbons (Fsp3) is 0.105. The Morgan fingerprint density at radius 3 is 2.58 bits per heavy atom. The quantitative estimate of drug-likeness (QED) is 0.483. The van der Waals surface area contributed by atoms with Gasteiger partial charge in [-0.25, -0.2) is 4.79 Å². The zero-order valence-corrected chi connectivity index (χ0v) is 15.5. The molecule has 5 nitrogen and oxygen atoms in total. The Morgan fingerprint density at radius 2 is 1.92 bits per heavy atom. The van der Waals surface area contributed by atoms with Gasteiger partial charge >= 0.3 is 5.97 Å². The Balaban J connectivity index is 1.73. The van der Waals surface area contributed by atoms with Gasteiger partial charge in [-0.15, -0.1) is 0 Å². The minimum atomic E-state index is -0.375. The second-order valence-electron chi connectivity index (χ2n) is 5.37. The van der Waals surface area contributed by atoms with Crippen LogP contribution in [0.3, 0.4) is 0 Å². The van der Waals surface area contributed by atoms with Crippen LogP contribution in [0.5, 0.6) is 5.75 Å². The number of para-hydroxylation sites is 1. The van der Waals surface area contributed by atoms with Crippen LogP contribution in [0, 0.1) is 0 Å². The number of methoxy groups -OCH3 is 1. The number of carbonyl (C=O) groups is 2. The van der Waals surface area contributed by atoms with Gasteiger partial charge in [0.1, 0.15) is 16.7 Å². The van der Waals surface area contributed by atoms with Gasteiger partial charge in [0, 0.05) is 5.56 Å². The number of nitrogens with one attached hydrogen (secondary N) is 1. The molecule has 0 bridgehead atoms. The van der Waals surface area contributed by atoms with Crippen LogP contribution in [0.15, 0.2) is 53.4 Å². The lowest BCUT2D eigenvalue weighted by molar-refractivity contribution is -0.115. The van der Waals surface area contributed by atoms with Crippen LogP contribution < -0.4 is 10.1 Å². The topological polar surface area (TPSA) is 64.6 Å². The van der Waals surface area contributed by atoms with Gasteiger partial charge in [0.2, 0.25) is 0 Å². The second kappa shape index (κ2) is 8.16. The SMILES string of the molecule is COC(=O)c1ccc(COc2ccccc2/C=C2/SC(=S)NC2=O)cc1. The molecule has 0 unspecified atom stereocenters. The molecule has 1 amide bonds. The first-order valence-electron chi connectivity index (χ1n) is 7.71. The Bertz CT molecular complexity index is 891. The highest BCUT2D eigenvalue weighted by atomic mass is 32.2. The van der Waals surface area contributed by atoms with E-state index in [2.05, 4.69) is 10.1 Å². The van der Waals surface area contributed by atoms with Gasteiger partial charge in [-0.05, 0) is 29.8 Å². The van der Waals surface area contributed by atoms with Crippen LogP contribution in [0.4, 0.5) is 0 Å². The van der Waals surface area contributed by atoms with Gasteiger partial charge in [-0.3, -0.25) is 4.79 Å². The van der Waals surface area contributed by atoms with E-state index in [0.717, 1.165) is 11.1 Å². The maximum Gasteiger partial charge on any atom is 0.337 e. The smallest absolute Gasteiger partial charge is 0.337 e. The number of amides is 1. The van der Waals surface area contributed by atoms with Crippen LogP contribution in [-0.2, 0) is 16.1 Å². The minimum absolute atomic E-state index is 0.201. The lowest BCUT2D eigenvalue weighted by Gasteiger charge is -2.10. The summed E-state index contributed by atoms with van der Waals surface area (Å²) in [6.45, 7) is 0.333. The van der Waals surface area contributed by atoms with Crippen molar-refractivity contribution in [3.05, 3.63) is 70.1 Å². The molecular weight excluding hydrogens is 370 g/mol. The number of ether oxygens (including phenoxy) is 2. The van der Waals surface area contributed by atoms with E-state index in [4.69, 9.17) is 17.0 Å². The molecule has 7 heteroatoms. The first kappa shape index (κ1) is 18.2. The molecule has 1 heterocycles. The van der Waals surface area contributed by atoms with Gasteiger partial charge in [0.15, 0.2) is 0 Å². The number of thioether (sulfide) groups is 1. The number of rotatable bonds is 5. The highest BCUT2D eigenvalue weighted by Crippen LogP contribution is 2.29. The van der Waals surface area contributed by atoms with Crippen molar-refractivity contribution in [2.24, 2.45) is 0 Å². The average molecular weight is 385 g/mol. The summed E-state index contributed by atoms with van der Waals surface area (Å²) in [6.07, 6.45) is 1.76. The summed E-state index contributed by atoms with van der Waals surface area (Å²) in [5.41, 5.74) is 2.19. The average Bonchev–Trinajstić information content (AvgIpc) is 2.97. The molecule has 0 atom stereocenters. The molecule has 0 saturated carbocycles. The highest BCUT2D eigenvalue weighted by molar-refractivity contribution is 8.26. The van der Waals surface area contributed by atoms with Crippen LogP contribution in [0.2, 0.25) is 0 Å². The third kappa shape index (κ3) is 4.30. The van der Waals surface area contributed by atoms with Crippen molar-refractivity contribution in [2.75, 3.05) is 7.11 Å². The lowest BCUT2D eigenvalue weighted by Crippen LogP contribution is -2.17. The van der Waals surface area contributed by atoms with Crippen molar-refractivity contribution in [2.45, 2.75) is 6.61 Å². The molecule has 1 saturated heterocycles. The molecule has 1 aliphatic rings. The van der Waals surface area contributed by atoms with E-state index in [1.165, 1.54) is 18.9 Å². The van der Waals surface area contributed by atoms with Gasteiger partial charge in [-0.1, -0.05) is 54.3 Å². The van der Waals surface area contributed by atoms with Gasteiger partial charge in [-0.2, -0.15) is 0 Å². The number of esters is 1. The fourth-order valence-corrected chi connectivity index (χ4v) is 3.34. The Kier molecular flexibility index (Phi) is 5.70. The number of benzene rings is 2. The molecule has 1 fully saturated rings. The van der Waals surface area contributed by atoms with Crippen molar-refractivity contribution in [1.29, 1.82) is 0 Å². The summed E-state index contributed by atoms with van der Waals surface area (Å²) >= 11 is 6.23. The maximum absolute atomic E-state index is 11.8. The number of thiocarbonyl (C=S) groups is 1. The molecule has 0 spiro atoms. The molecule has 132 valence electrons. The normalized spacial score (nSPS) is 15.0. The van der Waals surface area contributed by atoms with Crippen molar-refractivity contribution in [3.8, 4) is 5.75 Å². The first-order chi connectivity index (χ1) is 12.6. The Hall–Kier alpha value is -2.64. The predicted octanol–water partition coefficient (Wildman–Crippen LogP) is 3.54. The van der Waals surface area contributed by atoms with Crippen LogP contribution >= 0.6 is 24.0 Å². The zero-order chi connectivity index (χ0) is 18.5. The molecule has 2 aromatic rings. The van der Waals surface area contributed by atoms with E-state index >= 15 is 0 Å². The molecule has 1 aliphatic heterocycles. The van der Waals surface area contributed by atoms with Gasteiger partial charge in [0.05, 0.1) is 17.6 Å². The number of hydrogen-bond acceptors (Lipinski definition) is 6. The summed E-state index contributed by atoms with van der Waals surface area (Å²) in [7, 11) is 1.35. The summed E-state index contributed by atoms with van der Waals surface area (Å²) in [5.74, 6) is 0.0798. The van der Waals surface area contributed by atoms with Crippen molar-refractivity contribution in [3.63, 3.8) is 0 Å². The van der Waals surface area contributed by atoms with E-state index < -0.39 is 0 Å². The summed E-state index contributed by atoms with van der Waals surface area (Å²) < 4.78 is 11.0. The van der Waals surface area contributed by atoms with Gasteiger partial charge in [0.25, 0.3) is 5.91 Å². The maximum atomic E-state index is 11.8. The zero-order valence-electron chi connectivity index (χ0n) is 13.9. The summed E-state index contributed by atoms with van der Waals surface area (Å²) in [4.78, 5) is 23.8. The van der Waals surface area contributed by atoms with Crippen molar-refractivity contribution < 1.29 is 19.1 Å². The standard InChI is InChI=1S/C19H15NO4S2/c1-23-18(22)13-8-6-12(7-9-13)11-24-15-5-3-2-4-14(15)10-16-17(21)20-19(25)26-16/h2-10H,11H2,1H3,(H,20,21,25)/b16-10+. The second-order valence-corrected chi connectivity index (χ2v) is 7.09. The molecular formula is C19H15NO4S2. The third-order valence-corrected chi connectivity index (χ3v) is 4.78. The van der Waals surface area contributed by atoms with E-state index in [1.807, 2.05) is 36.4 Å². The van der Waals surface area contributed by atoms with Crippen molar-refractivity contribution in [1.82, 2.24) is 5.32 Å².